The topological polar surface area (TPSA) is 97.2 Å². The number of hydrogen-bond acceptors (Lipinski definition) is 5. The van der Waals surface area contributed by atoms with E-state index in [0.29, 0.717) is 5.02 Å². The molecule has 2 aliphatic heterocycles. The SMILES string of the molecule is O=C(CNS(=O)(=O)c1cccc(Cl)c1)N1C2CCC1CC(n1nccn1)C2. The van der Waals surface area contributed by atoms with Gasteiger partial charge in [0.25, 0.3) is 0 Å². The highest BCUT2D eigenvalue weighted by atomic mass is 35.5. The Labute approximate surface area is 162 Å². The van der Waals surface area contributed by atoms with Crippen molar-refractivity contribution in [2.24, 2.45) is 0 Å². The first-order valence-corrected chi connectivity index (χ1v) is 10.7. The summed E-state index contributed by atoms with van der Waals surface area (Å²) in [7, 11) is -3.78. The molecule has 144 valence electrons. The number of piperidine rings is 1. The average Bonchev–Trinajstić information content (AvgIpc) is 3.26. The quantitative estimate of drug-likeness (QED) is 0.809. The smallest absolute Gasteiger partial charge is 0.241 e. The Morgan fingerprint density at radius 3 is 2.44 bits per heavy atom. The van der Waals surface area contributed by atoms with Gasteiger partial charge in [0.1, 0.15) is 0 Å². The first kappa shape index (κ1) is 18.4. The van der Waals surface area contributed by atoms with Crippen molar-refractivity contribution in [3.05, 3.63) is 41.7 Å². The van der Waals surface area contributed by atoms with Gasteiger partial charge in [0.2, 0.25) is 15.9 Å². The molecule has 4 rings (SSSR count). The van der Waals surface area contributed by atoms with Gasteiger partial charge in [-0.1, -0.05) is 17.7 Å². The minimum absolute atomic E-state index is 0.0502. The van der Waals surface area contributed by atoms with E-state index in [-0.39, 0.29) is 35.5 Å². The molecule has 2 aromatic rings. The van der Waals surface area contributed by atoms with Crippen LogP contribution in [0, 0.1) is 0 Å². The van der Waals surface area contributed by atoms with Crippen LogP contribution in [0.3, 0.4) is 0 Å². The van der Waals surface area contributed by atoms with Gasteiger partial charge in [0, 0.05) is 17.1 Å². The Kier molecular flexibility index (Phi) is 4.92. The fourth-order valence-corrected chi connectivity index (χ4v) is 5.40. The van der Waals surface area contributed by atoms with Gasteiger partial charge in [-0.15, -0.1) is 0 Å². The molecule has 2 saturated heterocycles. The van der Waals surface area contributed by atoms with Crippen molar-refractivity contribution in [2.45, 2.75) is 48.7 Å². The molecule has 2 unspecified atom stereocenters. The molecule has 0 saturated carbocycles. The molecule has 1 aromatic heterocycles. The monoisotopic (exact) mass is 409 g/mol. The van der Waals surface area contributed by atoms with Gasteiger partial charge in [0.05, 0.1) is 29.9 Å². The Bertz CT molecular complexity index is 920. The predicted octanol–water partition coefficient (Wildman–Crippen LogP) is 1.60. The zero-order valence-electron chi connectivity index (χ0n) is 14.5. The molecule has 0 aliphatic carbocycles. The van der Waals surface area contributed by atoms with E-state index in [2.05, 4.69) is 14.9 Å². The zero-order chi connectivity index (χ0) is 19.0. The Morgan fingerprint density at radius 2 is 1.81 bits per heavy atom. The number of aromatic nitrogens is 3. The molecule has 2 fully saturated rings. The van der Waals surface area contributed by atoms with Gasteiger partial charge < -0.3 is 4.90 Å². The van der Waals surface area contributed by atoms with E-state index in [1.165, 1.54) is 12.1 Å². The van der Waals surface area contributed by atoms with Gasteiger partial charge in [-0.25, -0.2) is 13.1 Å². The second-order valence-corrected chi connectivity index (χ2v) is 9.15. The Balaban J connectivity index is 1.41. The molecule has 27 heavy (non-hydrogen) atoms. The Hall–Kier alpha value is -1.97. The number of hydrogen-bond donors (Lipinski definition) is 1. The molecular weight excluding hydrogens is 390 g/mol. The predicted molar refractivity (Wildman–Crippen MR) is 98.6 cm³/mol. The lowest BCUT2D eigenvalue weighted by molar-refractivity contribution is -0.135. The molecule has 2 aliphatic rings. The van der Waals surface area contributed by atoms with Crippen LogP contribution in [0.1, 0.15) is 31.7 Å². The van der Waals surface area contributed by atoms with E-state index in [0.717, 1.165) is 25.7 Å². The second-order valence-electron chi connectivity index (χ2n) is 6.94. The third-order valence-electron chi connectivity index (χ3n) is 5.28. The number of amides is 1. The number of halogens is 1. The minimum atomic E-state index is -3.78. The van der Waals surface area contributed by atoms with Gasteiger partial charge >= 0.3 is 0 Å². The first-order valence-electron chi connectivity index (χ1n) is 8.86. The number of nitrogens with one attached hydrogen (secondary N) is 1. The van der Waals surface area contributed by atoms with Crippen LogP contribution in [0.2, 0.25) is 5.02 Å². The molecule has 3 heterocycles. The molecule has 1 amide bonds. The number of carbonyl (C=O) groups excluding carboxylic acids is 1. The maximum absolute atomic E-state index is 12.7. The Morgan fingerprint density at radius 1 is 1.15 bits per heavy atom. The van der Waals surface area contributed by atoms with Crippen molar-refractivity contribution in [3.8, 4) is 0 Å². The number of fused-ring (bicyclic) bond motifs is 2. The third kappa shape index (κ3) is 3.71. The first-order chi connectivity index (χ1) is 12.9. The van der Waals surface area contributed by atoms with Crippen LogP contribution in [-0.2, 0) is 14.8 Å². The van der Waals surface area contributed by atoms with E-state index >= 15 is 0 Å². The highest BCUT2D eigenvalue weighted by Gasteiger charge is 2.44. The number of rotatable bonds is 5. The zero-order valence-corrected chi connectivity index (χ0v) is 16.1. The molecule has 10 heteroatoms. The van der Waals surface area contributed by atoms with Crippen LogP contribution in [0.25, 0.3) is 0 Å². The number of sulfonamides is 1. The summed E-state index contributed by atoms with van der Waals surface area (Å²) in [5, 5.41) is 8.76. The number of benzene rings is 1. The van der Waals surface area contributed by atoms with E-state index < -0.39 is 10.0 Å². The lowest BCUT2D eigenvalue weighted by Gasteiger charge is -2.38. The van der Waals surface area contributed by atoms with E-state index in [1.54, 1.807) is 29.3 Å². The average molecular weight is 410 g/mol. The van der Waals surface area contributed by atoms with Crippen molar-refractivity contribution in [1.29, 1.82) is 0 Å². The lowest BCUT2D eigenvalue weighted by atomic mass is 9.97. The molecule has 8 nitrogen and oxygen atoms in total. The molecule has 2 bridgehead atoms. The van der Waals surface area contributed by atoms with Crippen LogP contribution < -0.4 is 4.72 Å². The molecule has 0 spiro atoms. The maximum atomic E-state index is 12.7. The molecular formula is C17H20ClN5O3S. The van der Waals surface area contributed by atoms with Crippen molar-refractivity contribution < 1.29 is 13.2 Å². The van der Waals surface area contributed by atoms with Gasteiger partial charge in [0.15, 0.2) is 0 Å². The normalized spacial score (nSPS) is 24.9. The van der Waals surface area contributed by atoms with E-state index in [1.807, 2.05) is 4.90 Å². The highest BCUT2D eigenvalue weighted by Crippen LogP contribution is 2.40. The summed E-state index contributed by atoms with van der Waals surface area (Å²) in [6.45, 7) is -0.257. The van der Waals surface area contributed by atoms with Crippen molar-refractivity contribution in [1.82, 2.24) is 24.6 Å². The fourth-order valence-electron chi connectivity index (χ4n) is 4.12. The summed E-state index contributed by atoms with van der Waals surface area (Å²) in [5.74, 6) is -0.194. The van der Waals surface area contributed by atoms with Crippen molar-refractivity contribution >= 4 is 27.5 Å². The number of carbonyl (C=O) groups is 1. The van der Waals surface area contributed by atoms with Crippen LogP contribution in [0.15, 0.2) is 41.6 Å². The molecule has 1 N–H and O–H groups in total. The van der Waals surface area contributed by atoms with Gasteiger partial charge in [-0.3, -0.25) is 4.79 Å². The summed E-state index contributed by atoms with van der Waals surface area (Å²) in [4.78, 5) is 16.3. The number of nitrogens with zero attached hydrogens (tertiary/aromatic N) is 4. The van der Waals surface area contributed by atoms with Crippen molar-refractivity contribution in [2.75, 3.05) is 6.54 Å². The molecule has 1 aromatic carbocycles. The summed E-state index contributed by atoms with van der Waals surface area (Å²) in [5.41, 5.74) is 0. The maximum Gasteiger partial charge on any atom is 0.241 e. The van der Waals surface area contributed by atoms with Crippen LogP contribution in [0.5, 0.6) is 0 Å². The van der Waals surface area contributed by atoms with Crippen LogP contribution in [-0.4, -0.2) is 52.8 Å². The summed E-state index contributed by atoms with van der Waals surface area (Å²) in [6.07, 6.45) is 6.74. The molecule has 2 atom stereocenters. The van der Waals surface area contributed by atoms with E-state index in [4.69, 9.17) is 11.6 Å². The largest absolute Gasteiger partial charge is 0.335 e. The minimum Gasteiger partial charge on any atom is -0.335 e. The summed E-state index contributed by atoms with van der Waals surface area (Å²) >= 11 is 5.86. The standard InChI is InChI=1S/C17H20ClN5O3S/c18-12-2-1-3-16(8-12)27(25,26)21-11-17(24)22-13-4-5-14(22)10-15(9-13)23-19-6-7-20-23/h1-3,6-8,13-15,21H,4-5,9-11H2. The second kappa shape index (κ2) is 7.21. The van der Waals surface area contributed by atoms with Crippen molar-refractivity contribution in [3.63, 3.8) is 0 Å². The van der Waals surface area contributed by atoms with Gasteiger partial charge in [-0.05, 0) is 43.9 Å². The summed E-state index contributed by atoms with van der Waals surface area (Å²) in [6, 6.07) is 6.36. The highest BCUT2D eigenvalue weighted by molar-refractivity contribution is 7.89. The molecule has 0 radical (unpaired) electrons. The third-order valence-corrected chi connectivity index (χ3v) is 6.91. The lowest BCUT2D eigenvalue weighted by Crippen LogP contribution is -2.50. The fraction of sp³-hybridized carbons (Fsp3) is 0.471. The van der Waals surface area contributed by atoms with Gasteiger partial charge in [-0.2, -0.15) is 15.0 Å². The van der Waals surface area contributed by atoms with E-state index in [9.17, 15) is 13.2 Å². The van der Waals surface area contributed by atoms with Crippen LogP contribution in [0.4, 0.5) is 0 Å². The van der Waals surface area contributed by atoms with Crippen LogP contribution >= 0.6 is 11.6 Å². The summed E-state index contributed by atoms with van der Waals surface area (Å²) < 4.78 is 27.2.